The molecule has 2 saturated heterocycles. The fourth-order valence-corrected chi connectivity index (χ4v) is 5.71. The fourth-order valence-electron chi connectivity index (χ4n) is 3.59. The van der Waals surface area contributed by atoms with Gasteiger partial charge in [-0.05, 0) is 31.7 Å². The molecule has 0 bridgehead atoms. The first kappa shape index (κ1) is 11.9. The Labute approximate surface area is 104 Å². The van der Waals surface area contributed by atoms with Crippen molar-refractivity contribution in [2.24, 2.45) is 5.92 Å². The average molecular weight is 258 g/mol. The third-order valence-electron chi connectivity index (χ3n) is 4.66. The standard InChI is InChI=1S/C12H22N2O2S/c15-17(16,11-4-2-1-3-5-11)14-8-10-6-7-13-12(10)9-14/h10-13H,1-9H2/t10-,12+/m1/s1. The van der Waals surface area contributed by atoms with Crippen molar-refractivity contribution in [3.8, 4) is 0 Å². The van der Waals surface area contributed by atoms with Gasteiger partial charge in [0.25, 0.3) is 0 Å². The van der Waals surface area contributed by atoms with Crippen molar-refractivity contribution in [1.29, 1.82) is 0 Å². The van der Waals surface area contributed by atoms with Crippen LogP contribution in [0.4, 0.5) is 0 Å². The molecule has 2 aliphatic heterocycles. The van der Waals surface area contributed by atoms with Crippen LogP contribution in [0.15, 0.2) is 0 Å². The second-order valence-electron chi connectivity index (χ2n) is 5.73. The molecule has 2 atom stereocenters. The molecule has 17 heavy (non-hydrogen) atoms. The molecule has 5 heteroatoms. The molecule has 4 nitrogen and oxygen atoms in total. The van der Waals surface area contributed by atoms with Gasteiger partial charge in [-0.3, -0.25) is 0 Å². The van der Waals surface area contributed by atoms with E-state index in [-0.39, 0.29) is 5.25 Å². The molecule has 3 rings (SSSR count). The minimum absolute atomic E-state index is 0.0879. The third-order valence-corrected chi connectivity index (χ3v) is 6.99. The van der Waals surface area contributed by atoms with Crippen molar-refractivity contribution in [3.05, 3.63) is 0 Å². The van der Waals surface area contributed by atoms with Gasteiger partial charge >= 0.3 is 0 Å². The number of hydrogen-bond donors (Lipinski definition) is 1. The first-order chi connectivity index (χ1) is 8.18. The van der Waals surface area contributed by atoms with Gasteiger partial charge in [-0.15, -0.1) is 0 Å². The van der Waals surface area contributed by atoms with Gasteiger partial charge in [-0.25, -0.2) is 8.42 Å². The second kappa shape index (κ2) is 4.52. The lowest BCUT2D eigenvalue weighted by Gasteiger charge is -2.27. The lowest BCUT2D eigenvalue weighted by atomic mass is 10.0. The summed E-state index contributed by atoms with van der Waals surface area (Å²) in [6, 6.07) is 0.424. The van der Waals surface area contributed by atoms with E-state index < -0.39 is 10.0 Å². The van der Waals surface area contributed by atoms with Crippen molar-refractivity contribution in [1.82, 2.24) is 9.62 Å². The predicted octanol–water partition coefficient (Wildman–Crippen LogP) is 0.943. The number of nitrogens with one attached hydrogen (secondary N) is 1. The van der Waals surface area contributed by atoms with E-state index in [1.54, 1.807) is 4.31 Å². The summed E-state index contributed by atoms with van der Waals surface area (Å²) >= 11 is 0. The molecule has 2 heterocycles. The third kappa shape index (κ3) is 2.13. The molecular weight excluding hydrogens is 236 g/mol. The van der Waals surface area contributed by atoms with Gasteiger partial charge in [0.05, 0.1) is 5.25 Å². The zero-order valence-corrected chi connectivity index (χ0v) is 11.1. The summed E-state index contributed by atoms with van der Waals surface area (Å²) in [4.78, 5) is 0. The van der Waals surface area contributed by atoms with Crippen molar-refractivity contribution in [3.63, 3.8) is 0 Å². The molecule has 0 aromatic rings. The second-order valence-corrected chi connectivity index (χ2v) is 7.94. The first-order valence-electron chi connectivity index (χ1n) is 6.90. The molecule has 0 unspecified atom stereocenters. The minimum atomic E-state index is -3.01. The number of rotatable bonds is 2. The van der Waals surface area contributed by atoms with Gasteiger partial charge in [0.1, 0.15) is 0 Å². The Morgan fingerprint density at radius 2 is 1.76 bits per heavy atom. The predicted molar refractivity (Wildman–Crippen MR) is 67.3 cm³/mol. The first-order valence-corrected chi connectivity index (χ1v) is 8.40. The van der Waals surface area contributed by atoms with Crippen LogP contribution in [0.2, 0.25) is 0 Å². The smallest absolute Gasteiger partial charge is 0.217 e. The van der Waals surface area contributed by atoms with E-state index in [9.17, 15) is 8.42 Å². The van der Waals surface area contributed by atoms with Gasteiger partial charge in [0.2, 0.25) is 10.0 Å². The van der Waals surface area contributed by atoms with Crippen molar-refractivity contribution in [2.75, 3.05) is 19.6 Å². The molecule has 0 radical (unpaired) electrons. The van der Waals surface area contributed by atoms with E-state index in [4.69, 9.17) is 0 Å². The summed E-state index contributed by atoms with van der Waals surface area (Å²) in [5.74, 6) is 0.563. The van der Waals surface area contributed by atoms with E-state index in [2.05, 4.69) is 5.32 Å². The largest absolute Gasteiger partial charge is 0.312 e. The highest BCUT2D eigenvalue weighted by Gasteiger charge is 2.43. The molecule has 98 valence electrons. The molecule has 1 saturated carbocycles. The van der Waals surface area contributed by atoms with Crippen LogP contribution in [0.25, 0.3) is 0 Å². The van der Waals surface area contributed by atoms with Gasteiger partial charge in [-0.2, -0.15) is 4.31 Å². The number of sulfonamides is 1. The molecule has 0 spiro atoms. The minimum Gasteiger partial charge on any atom is -0.312 e. The molecule has 1 N–H and O–H groups in total. The van der Waals surface area contributed by atoms with Crippen LogP contribution < -0.4 is 5.32 Å². The Balaban J connectivity index is 1.70. The lowest BCUT2D eigenvalue weighted by Crippen LogP contribution is -2.40. The number of nitrogens with zero attached hydrogens (tertiary/aromatic N) is 1. The average Bonchev–Trinajstić information content (AvgIpc) is 2.90. The number of fused-ring (bicyclic) bond motifs is 1. The zero-order chi connectivity index (χ0) is 11.9. The maximum absolute atomic E-state index is 12.5. The Morgan fingerprint density at radius 1 is 1.00 bits per heavy atom. The van der Waals surface area contributed by atoms with E-state index in [1.807, 2.05) is 0 Å². The summed E-state index contributed by atoms with van der Waals surface area (Å²) < 4.78 is 26.8. The fraction of sp³-hybridized carbons (Fsp3) is 1.00. The van der Waals surface area contributed by atoms with Crippen LogP contribution in [-0.2, 0) is 10.0 Å². The summed E-state index contributed by atoms with van der Waals surface area (Å²) in [6.45, 7) is 2.53. The highest BCUT2D eigenvalue weighted by Crippen LogP contribution is 2.32. The Bertz CT molecular complexity index is 364. The SMILES string of the molecule is O=S(=O)(C1CCCCC1)N1C[C@H]2CCN[C@H]2C1. The Hall–Kier alpha value is -0.130. The van der Waals surface area contributed by atoms with Crippen molar-refractivity contribution >= 4 is 10.0 Å². The van der Waals surface area contributed by atoms with E-state index in [0.717, 1.165) is 45.2 Å². The molecule has 1 aliphatic carbocycles. The topological polar surface area (TPSA) is 49.4 Å². The maximum Gasteiger partial charge on any atom is 0.217 e. The maximum atomic E-state index is 12.5. The summed E-state index contributed by atoms with van der Waals surface area (Å²) in [5.41, 5.74) is 0. The van der Waals surface area contributed by atoms with Crippen LogP contribution >= 0.6 is 0 Å². The molecular formula is C12H22N2O2S. The summed E-state index contributed by atoms with van der Waals surface area (Å²) in [6.07, 6.45) is 6.27. The van der Waals surface area contributed by atoms with Crippen molar-refractivity contribution in [2.45, 2.75) is 49.8 Å². The van der Waals surface area contributed by atoms with Gasteiger partial charge in [-0.1, -0.05) is 19.3 Å². The molecule has 0 amide bonds. The van der Waals surface area contributed by atoms with Crippen LogP contribution in [0, 0.1) is 5.92 Å². The van der Waals surface area contributed by atoms with Gasteiger partial charge < -0.3 is 5.32 Å². The highest BCUT2D eigenvalue weighted by atomic mass is 32.2. The Kier molecular flexibility index (Phi) is 3.17. The van der Waals surface area contributed by atoms with Crippen molar-refractivity contribution < 1.29 is 8.42 Å². The highest BCUT2D eigenvalue weighted by molar-refractivity contribution is 7.89. The van der Waals surface area contributed by atoms with Crippen LogP contribution in [-0.4, -0.2) is 43.6 Å². The lowest BCUT2D eigenvalue weighted by molar-refractivity contribution is 0.413. The van der Waals surface area contributed by atoms with Crippen LogP contribution in [0.3, 0.4) is 0 Å². The molecule has 3 fully saturated rings. The van der Waals surface area contributed by atoms with E-state index >= 15 is 0 Å². The summed E-state index contributed by atoms with van der Waals surface area (Å²) in [5, 5.41) is 3.33. The van der Waals surface area contributed by atoms with Crippen LogP contribution in [0.1, 0.15) is 38.5 Å². The van der Waals surface area contributed by atoms with E-state index in [0.29, 0.717) is 18.5 Å². The van der Waals surface area contributed by atoms with Gasteiger partial charge in [0, 0.05) is 19.1 Å². The van der Waals surface area contributed by atoms with Gasteiger partial charge in [0.15, 0.2) is 0 Å². The normalized spacial score (nSPS) is 36.2. The quantitative estimate of drug-likeness (QED) is 0.802. The monoisotopic (exact) mass is 258 g/mol. The number of hydrogen-bond acceptors (Lipinski definition) is 3. The van der Waals surface area contributed by atoms with Crippen LogP contribution in [0.5, 0.6) is 0 Å². The van der Waals surface area contributed by atoms with E-state index in [1.165, 1.54) is 6.42 Å². The Morgan fingerprint density at radius 3 is 2.47 bits per heavy atom. The molecule has 0 aromatic heterocycles. The molecule has 0 aromatic carbocycles. The summed E-state index contributed by atoms with van der Waals surface area (Å²) in [7, 11) is -3.01. The zero-order valence-electron chi connectivity index (χ0n) is 10.3. The molecule has 3 aliphatic rings.